The van der Waals surface area contributed by atoms with E-state index in [9.17, 15) is 9.59 Å². The largest absolute Gasteiger partial charge is 0.480 e. The summed E-state index contributed by atoms with van der Waals surface area (Å²) in [6.07, 6.45) is 0.237. The molecule has 2 amide bonds. The van der Waals surface area contributed by atoms with E-state index in [0.29, 0.717) is 11.6 Å². The van der Waals surface area contributed by atoms with Gasteiger partial charge in [-0.3, -0.25) is 0 Å². The zero-order chi connectivity index (χ0) is 13.0. The van der Waals surface area contributed by atoms with Crippen LogP contribution in [0.5, 0.6) is 0 Å². The first-order chi connectivity index (χ1) is 7.99. The van der Waals surface area contributed by atoms with Crippen molar-refractivity contribution in [2.45, 2.75) is 25.4 Å². The number of amides is 2. The maximum Gasteiger partial charge on any atom is 0.327 e. The summed E-state index contributed by atoms with van der Waals surface area (Å²) in [5, 5.41) is 17.6. The fraction of sp³-hybridized carbons (Fsp3) is 0.700. The molecule has 0 saturated carbocycles. The molecule has 1 heterocycles. The van der Waals surface area contributed by atoms with Gasteiger partial charge in [0, 0.05) is 18.8 Å². The molecule has 2 unspecified atom stereocenters. The molecule has 1 rings (SSSR count). The molecule has 6 nitrogen and oxygen atoms in total. The van der Waals surface area contributed by atoms with Crippen molar-refractivity contribution < 1.29 is 14.7 Å². The first-order valence-corrected chi connectivity index (χ1v) is 6.35. The summed E-state index contributed by atoms with van der Waals surface area (Å²) in [5.74, 6) is -0.175. The molecular weight excluding hydrogens is 242 g/mol. The van der Waals surface area contributed by atoms with E-state index < -0.39 is 12.0 Å². The summed E-state index contributed by atoms with van der Waals surface area (Å²) in [6, 6.07) is 0.690. The van der Waals surface area contributed by atoms with Gasteiger partial charge in [0.15, 0.2) is 0 Å². The van der Waals surface area contributed by atoms with Gasteiger partial charge in [0.2, 0.25) is 0 Å². The van der Waals surface area contributed by atoms with Crippen LogP contribution < -0.4 is 0 Å². The van der Waals surface area contributed by atoms with Crippen molar-refractivity contribution >= 4 is 23.8 Å². The van der Waals surface area contributed by atoms with Gasteiger partial charge in [-0.1, -0.05) is 0 Å². The summed E-state index contributed by atoms with van der Waals surface area (Å²) < 4.78 is 0. The van der Waals surface area contributed by atoms with Crippen LogP contribution in [-0.2, 0) is 4.79 Å². The maximum absolute atomic E-state index is 12.0. The van der Waals surface area contributed by atoms with Crippen LogP contribution in [0.25, 0.3) is 0 Å². The van der Waals surface area contributed by atoms with Crippen molar-refractivity contribution in [1.82, 2.24) is 9.80 Å². The number of hydrogen-bond donors (Lipinski definition) is 1. The van der Waals surface area contributed by atoms with Crippen LogP contribution in [-0.4, -0.2) is 57.7 Å². The van der Waals surface area contributed by atoms with Crippen LogP contribution in [0.3, 0.4) is 0 Å². The Bertz CT molecular complexity index is 355. The van der Waals surface area contributed by atoms with Crippen molar-refractivity contribution in [2.24, 2.45) is 0 Å². The number of urea groups is 1. The van der Waals surface area contributed by atoms with Gasteiger partial charge in [-0.2, -0.15) is 5.26 Å². The SMILES string of the molecule is CC(CC#N)N(C)C(=O)N1CSCC1C(=O)O. The fourth-order valence-electron chi connectivity index (χ4n) is 1.50. The average molecular weight is 257 g/mol. The van der Waals surface area contributed by atoms with Gasteiger partial charge in [0.25, 0.3) is 0 Å². The van der Waals surface area contributed by atoms with E-state index in [4.69, 9.17) is 10.4 Å². The number of nitriles is 1. The Balaban J connectivity index is 2.69. The molecule has 17 heavy (non-hydrogen) atoms. The number of carbonyl (C=O) groups is 2. The predicted octanol–water partition coefficient (Wildman–Crippen LogP) is 0.800. The monoisotopic (exact) mass is 257 g/mol. The number of nitrogens with zero attached hydrogens (tertiary/aromatic N) is 3. The molecule has 2 atom stereocenters. The molecule has 1 N–H and O–H groups in total. The van der Waals surface area contributed by atoms with Gasteiger partial charge < -0.3 is 14.9 Å². The van der Waals surface area contributed by atoms with E-state index in [0.717, 1.165) is 0 Å². The lowest BCUT2D eigenvalue weighted by Crippen LogP contribution is -2.49. The molecule has 0 aliphatic carbocycles. The molecule has 0 bridgehead atoms. The van der Waals surface area contributed by atoms with Gasteiger partial charge >= 0.3 is 12.0 Å². The Kier molecular flexibility index (Phi) is 4.63. The Morgan fingerprint density at radius 1 is 1.71 bits per heavy atom. The minimum atomic E-state index is -0.982. The van der Waals surface area contributed by atoms with Crippen molar-refractivity contribution in [2.75, 3.05) is 18.7 Å². The van der Waals surface area contributed by atoms with Crippen LogP contribution >= 0.6 is 11.8 Å². The molecule has 1 fully saturated rings. The summed E-state index contributed by atoms with van der Waals surface area (Å²) in [4.78, 5) is 25.8. The summed E-state index contributed by atoms with van der Waals surface area (Å²) >= 11 is 1.42. The van der Waals surface area contributed by atoms with Crippen molar-refractivity contribution in [1.29, 1.82) is 5.26 Å². The van der Waals surface area contributed by atoms with Crippen molar-refractivity contribution in [3.05, 3.63) is 0 Å². The molecular formula is C10H15N3O3S. The van der Waals surface area contributed by atoms with Gasteiger partial charge in [0.05, 0.1) is 18.4 Å². The highest BCUT2D eigenvalue weighted by Gasteiger charge is 2.36. The fourth-order valence-corrected chi connectivity index (χ4v) is 2.63. The van der Waals surface area contributed by atoms with E-state index in [-0.39, 0.29) is 18.5 Å². The van der Waals surface area contributed by atoms with Crippen LogP contribution in [0, 0.1) is 11.3 Å². The second-order valence-corrected chi connectivity index (χ2v) is 4.93. The van der Waals surface area contributed by atoms with Gasteiger partial charge in [-0.15, -0.1) is 11.8 Å². The molecule has 1 aliphatic rings. The van der Waals surface area contributed by atoms with Crippen LogP contribution in [0.1, 0.15) is 13.3 Å². The molecule has 1 aliphatic heterocycles. The smallest absolute Gasteiger partial charge is 0.327 e. The van der Waals surface area contributed by atoms with Crippen molar-refractivity contribution in [3.63, 3.8) is 0 Å². The maximum atomic E-state index is 12.0. The quantitative estimate of drug-likeness (QED) is 0.808. The molecule has 0 spiro atoms. The molecule has 94 valence electrons. The van der Waals surface area contributed by atoms with Gasteiger partial charge in [0.1, 0.15) is 6.04 Å². The average Bonchev–Trinajstić information content (AvgIpc) is 2.76. The number of hydrogen-bond acceptors (Lipinski definition) is 4. The third kappa shape index (κ3) is 3.03. The standard InChI is InChI=1S/C10H15N3O3S/c1-7(3-4-11)12(2)10(16)13-6-17-5-8(13)9(14)15/h7-8H,3,5-6H2,1-2H3,(H,14,15). The molecule has 0 aromatic heterocycles. The number of carboxylic acid groups (broad SMARTS) is 1. The summed E-state index contributed by atoms with van der Waals surface area (Å²) in [6.45, 7) is 1.76. The lowest BCUT2D eigenvalue weighted by Gasteiger charge is -2.30. The second-order valence-electron chi connectivity index (χ2n) is 3.93. The zero-order valence-corrected chi connectivity index (χ0v) is 10.6. The van der Waals surface area contributed by atoms with E-state index in [1.165, 1.54) is 21.6 Å². The second kappa shape index (κ2) is 5.77. The number of rotatable bonds is 3. The minimum absolute atomic E-state index is 0.215. The van der Waals surface area contributed by atoms with E-state index in [1.807, 2.05) is 6.07 Å². The highest BCUT2D eigenvalue weighted by Crippen LogP contribution is 2.22. The normalized spacial score (nSPS) is 20.8. The van der Waals surface area contributed by atoms with Crippen molar-refractivity contribution in [3.8, 4) is 6.07 Å². The molecule has 0 aromatic carbocycles. The Morgan fingerprint density at radius 3 is 2.88 bits per heavy atom. The molecule has 0 aromatic rings. The minimum Gasteiger partial charge on any atom is -0.480 e. The predicted molar refractivity (Wildman–Crippen MR) is 63.4 cm³/mol. The number of carbonyl (C=O) groups excluding carboxylic acids is 1. The van der Waals surface area contributed by atoms with Crippen LogP contribution in [0.15, 0.2) is 0 Å². The highest BCUT2D eigenvalue weighted by atomic mass is 32.2. The topological polar surface area (TPSA) is 84.6 Å². The summed E-state index contributed by atoms with van der Waals surface area (Å²) in [5.41, 5.74) is 0. The molecule has 0 radical (unpaired) electrons. The lowest BCUT2D eigenvalue weighted by molar-refractivity contribution is -0.140. The third-order valence-corrected chi connectivity index (χ3v) is 3.77. The third-order valence-electron chi connectivity index (χ3n) is 2.76. The molecule has 7 heteroatoms. The Morgan fingerprint density at radius 2 is 2.35 bits per heavy atom. The van der Waals surface area contributed by atoms with E-state index >= 15 is 0 Å². The zero-order valence-electron chi connectivity index (χ0n) is 9.79. The lowest BCUT2D eigenvalue weighted by atomic mass is 10.2. The van der Waals surface area contributed by atoms with Crippen LogP contribution in [0.2, 0.25) is 0 Å². The van der Waals surface area contributed by atoms with Gasteiger partial charge in [-0.25, -0.2) is 9.59 Å². The number of aliphatic carboxylic acids is 1. The van der Waals surface area contributed by atoms with E-state index in [1.54, 1.807) is 14.0 Å². The Hall–Kier alpha value is -1.42. The number of carboxylic acids is 1. The highest BCUT2D eigenvalue weighted by molar-refractivity contribution is 7.99. The molecule has 1 saturated heterocycles. The van der Waals surface area contributed by atoms with E-state index in [2.05, 4.69) is 0 Å². The first-order valence-electron chi connectivity index (χ1n) is 5.20. The van der Waals surface area contributed by atoms with Gasteiger partial charge in [-0.05, 0) is 6.92 Å². The van der Waals surface area contributed by atoms with Crippen LogP contribution in [0.4, 0.5) is 4.79 Å². The Labute approximate surface area is 104 Å². The first kappa shape index (κ1) is 13.6. The summed E-state index contributed by atoms with van der Waals surface area (Å²) in [7, 11) is 1.59. The number of thioether (sulfide) groups is 1.